The predicted molar refractivity (Wildman–Crippen MR) is 114 cm³/mol. The summed E-state index contributed by atoms with van der Waals surface area (Å²) in [5, 5.41) is 8.07. The smallest absolute Gasteiger partial charge is 0.259 e. The van der Waals surface area contributed by atoms with Crippen molar-refractivity contribution in [2.24, 2.45) is 7.05 Å². The van der Waals surface area contributed by atoms with Crippen LogP contribution >= 0.6 is 11.6 Å². The highest BCUT2D eigenvalue weighted by atomic mass is 35.5. The van der Waals surface area contributed by atoms with Gasteiger partial charge in [0.05, 0.1) is 11.2 Å². The zero-order valence-electron chi connectivity index (χ0n) is 17.0. The molecule has 1 heterocycles. The molecule has 7 heteroatoms. The fourth-order valence-electron chi connectivity index (χ4n) is 3.57. The summed E-state index contributed by atoms with van der Waals surface area (Å²) in [4.78, 5) is 24.8. The molecule has 0 atom stereocenters. The van der Waals surface area contributed by atoms with Crippen LogP contribution in [0.4, 0.5) is 0 Å². The number of halogens is 1. The van der Waals surface area contributed by atoms with Crippen LogP contribution in [0.2, 0.25) is 5.02 Å². The van der Waals surface area contributed by atoms with Crippen LogP contribution in [0.3, 0.4) is 0 Å². The maximum absolute atomic E-state index is 13.2. The molecule has 30 heavy (non-hydrogen) atoms. The van der Waals surface area contributed by atoms with Gasteiger partial charge in [0.25, 0.3) is 5.91 Å². The molecule has 0 aliphatic heterocycles. The highest BCUT2D eigenvalue weighted by Crippen LogP contribution is 2.46. The van der Waals surface area contributed by atoms with Gasteiger partial charge in [-0.2, -0.15) is 5.10 Å². The number of ether oxygens (including phenoxy) is 1. The Morgan fingerprint density at radius 1 is 1.17 bits per heavy atom. The van der Waals surface area contributed by atoms with Gasteiger partial charge in [-0.1, -0.05) is 41.9 Å². The fraction of sp³-hybridized carbons (Fsp3) is 0.261. The summed E-state index contributed by atoms with van der Waals surface area (Å²) in [6, 6.07) is 14.4. The number of aryl methyl sites for hydroxylation is 2. The number of carbonyl (C=O) groups excluding carboxylic acids is 2. The monoisotopic (exact) mass is 423 g/mol. The Kier molecular flexibility index (Phi) is 5.12. The Balaban J connectivity index is 1.60. The molecule has 1 N–H and O–H groups in total. The zero-order chi connectivity index (χ0) is 21.5. The van der Waals surface area contributed by atoms with Gasteiger partial charge in [-0.3, -0.25) is 9.59 Å². The quantitative estimate of drug-likeness (QED) is 0.578. The standard InChI is InChI=1S/C23H22ClN3O3/c1-14-20(22(27(3)26-14)30-19-6-4-5-18(24)13-19)21(29)25-23(11-12-23)17-9-7-16(8-10-17)15(2)28/h4-10,13H,11-12H2,1-3H3,(H,25,29). The van der Waals surface area contributed by atoms with Gasteiger partial charge in [-0.05, 0) is 50.5 Å². The summed E-state index contributed by atoms with van der Waals surface area (Å²) in [7, 11) is 1.73. The van der Waals surface area contributed by atoms with Crippen molar-refractivity contribution in [2.45, 2.75) is 32.2 Å². The molecule has 1 aliphatic carbocycles. The molecule has 4 rings (SSSR count). The average molecular weight is 424 g/mol. The van der Waals surface area contributed by atoms with E-state index in [2.05, 4.69) is 10.4 Å². The van der Waals surface area contributed by atoms with Crippen molar-refractivity contribution in [3.05, 3.63) is 75.9 Å². The zero-order valence-corrected chi connectivity index (χ0v) is 17.8. The third-order valence-electron chi connectivity index (χ3n) is 5.35. The minimum atomic E-state index is -0.429. The van der Waals surface area contributed by atoms with Crippen molar-refractivity contribution in [1.82, 2.24) is 15.1 Å². The molecule has 0 saturated heterocycles. The largest absolute Gasteiger partial charge is 0.438 e. The maximum atomic E-state index is 13.2. The van der Waals surface area contributed by atoms with Gasteiger partial charge in [0.2, 0.25) is 5.88 Å². The molecule has 0 spiro atoms. The van der Waals surface area contributed by atoms with E-state index >= 15 is 0 Å². The summed E-state index contributed by atoms with van der Waals surface area (Å²) in [5.41, 5.74) is 2.18. The number of carbonyl (C=O) groups is 2. The average Bonchev–Trinajstić information content (AvgIpc) is 3.42. The third-order valence-corrected chi connectivity index (χ3v) is 5.59. The highest BCUT2D eigenvalue weighted by molar-refractivity contribution is 6.30. The summed E-state index contributed by atoms with van der Waals surface area (Å²) in [5.74, 6) is 0.658. The molecule has 0 bridgehead atoms. The number of aromatic nitrogens is 2. The second-order valence-electron chi connectivity index (χ2n) is 7.62. The van der Waals surface area contributed by atoms with E-state index in [-0.39, 0.29) is 11.7 Å². The molecule has 1 fully saturated rings. The first-order valence-corrected chi connectivity index (χ1v) is 10.1. The van der Waals surface area contributed by atoms with Gasteiger partial charge < -0.3 is 10.1 Å². The first-order valence-electron chi connectivity index (χ1n) is 9.70. The predicted octanol–water partition coefficient (Wildman–Crippen LogP) is 4.80. The second kappa shape index (κ2) is 7.61. The lowest BCUT2D eigenvalue weighted by molar-refractivity contribution is 0.0926. The van der Waals surface area contributed by atoms with Crippen molar-refractivity contribution in [1.29, 1.82) is 0 Å². The van der Waals surface area contributed by atoms with E-state index in [1.54, 1.807) is 55.1 Å². The van der Waals surface area contributed by atoms with Crippen LogP contribution in [0.1, 0.15) is 51.7 Å². The minimum Gasteiger partial charge on any atom is -0.438 e. The van der Waals surface area contributed by atoms with E-state index in [4.69, 9.17) is 16.3 Å². The lowest BCUT2D eigenvalue weighted by Gasteiger charge is -2.19. The summed E-state index contributed by atoms with van der Waals surface area (Å²) >= 11 is 6.05. The molecule has 154 valence electrons. The van der Waals surface area contributed by atoms with Crippen LogP contribution in [0.15, 0.2) is 48.5 Å². The Bertz CT molecular complexity index is 1130. The lowest BCUT2D eigenvalue weighted by Crippen LogP contribution is -2.35. The normalized spacial score (nSPS) is 14.3. The number of Topliss-reactive ketones (excluding diaryl/α,β-unsaturated/α-hetero) is 1. The molecular weight excluding hydrogens is 402 g/mol. The van der Waals surface area contributed by atoms with Crippen molar-refractivity contribution in [3.8, 4) is 11.6 Å². The Morgan fingerprint density at radius 2 is 1.87 bits per heavy atom. The molecule has 1 saturated carbocycles. The number of nitrogens with one attached hydrogen (secondary N) is 1. The van der Waals surface area contributed by atoms with Crippen molar-refractivity contribution in [3.63, 3.8) is 0 Å². The van der Waals surface area contributed by atoms with Crippen LogP contribution in [-0.2, 0) is 12.6 Å². The molecule has 1 amide bonds. The topological polar surface area (TPSA) is 73.2 Å². The SMILES string of the molecule is CC(=O)c1ccc(C2(NC(=O)c3c(C)nn(C)c3Oc3cccc(Cl)c3)CC2)cc1. The van der Waals surface area contributed by atoms with Gasteiger partial charge in [0.1, 0.15) is 11.3 Å². The lowest BCUT2D eigenvalue weighted by atomic mass is 10.0. The van der Waals surface area contributed by atoms with Crippen LogP contribution < -0.4 is 10.1 Å². The van der Waals surface area contributed by atoms with Crippen molar-refractivity contribution < 1.29 is 14.3 Å². The van der Waals surface area contributed by atoms with E-state index in [9.17, 15) is 9.59 Å². The van der Waals surface area contributed by atoms with Gasteiger partial charge >= 0.3 is 0 Å². The molecule has 6 nitrogen and oxygen atoms in total. The number of benzene rings is 2. The summed E-state index contributed by atoms with van der Waals surface area (Å²) < 4.78 is 7.51. The minimum absolute atomic E-state index is 0.0178. The molecular formula is C23H22ClN3O3. The Hall–Kier alpha value is -3.12. The van der Waals surface area contributed by atoms with Crippen LogP contribution in [0.5, 0.6) is 11.6 Å². The summed E-state index contributed by atoms with van der Waals surface area (Å²) in [6.07, 6.45) is 1.67. The van der Waals surface area contributed by atoms with E-state index in [0.717, 1.165) is 18.4 Å². The van der Waals surface area contributed by atoms with Gasteiger partial charge in [0.15, 0.2) is 5.78 Å². The maximum Gasteiger partial charge on any atom is 0.259 e. The number of amides is 1. The van der Waals surface area contributed by atoms with E-state index in [1.165, 1.54) is 6.92 Å². The van der Waals surface area contributed by atoms with Gasteiger partial charge in [0, 0.05) is 17.6 Å². The Morgan fingerprint density at radius 3 is 2.47 bits per heavy atom. The first-order chi connectivity index (χ1) is 14.3. The Labute approximate surface area is 179 Å². The van der Waals surface area contributed by atoms with Crippen LogP contribution in [0.25, 0.3) is 0 Å². The number of ketones is 1. The van der Waals surface area contributed by atoms with Gasteiger partial charge in [-0.15, -0.1) is 0 Å². The third kappa shape index (κ3) is 3.83. The number of nitrogens with zero attached hydrogens (tertiary/aromatic N) is 2. The van der Waals surface area contributed by atoms with E-state index in [0.29, 0.717) is 33.5 Å². The van der Waals surface area contributed by atoms with E-state index < -0.39 is 5.54 Å². The first kappa shape index (κ1) is 20.2. The molecule has 0 unspecified atom stereocenters. The highest BCUT2D eigenvalue weighted by Gasteiger charge is 2.46. The molecule has 3 aromatic rings. The van der Waals surface area contributed by atoms with Gasteiger partial charge in [-0.25, -0.2) is 4.68 Å². The van der Waals surface area contributed by atoms with Crippen molar-refractivity contribution >= 4 is 23.3 Å². The molecule has 1 aromatic heterocycles. The van der Waals surface area contributed by atoms with E-state index in [1.807, 2.05) is 12.1 Å². The van der Waals surface area contributed by atoms with Crippen molar-refractivity contribution in [2.75, 3.05) is 0 Å². The number of hydrogen-bond donors (Lipinski definition) is 1. The molecule has 2 aromatic carbocycles. The van der Waals surface area contributed by atoms with Crippen LogP contribution in [-0.4, -0.2) is 21.5 Å². The fourth-order valence-corrected chi connectivity index (χ4v) is 3.75. The summed E-state index contributed by atoms with van der Waals surface area (Å²) in [6.45, 7) is 3.32. The van der Waals surface area contributed by atoms with Crippen LogP contribution in [0, 0.1) is 6.92 Å². The molecule has 1 aliphatic rings. The molecule has 0 radical (unpaired) electrons. The number of rotatable bonds is 6. The second-order valence-corrected chi connectivity index (χ2v) is 8.05. The number of hydrogen-bond acceptors (Lipinski definition) is 4.